The maximum Gasteiger partial charge on any atom is 0.164 e. The zero-order valence-electron chi connectivity index (χ0n) is 9.36. The molecule has 16 heavy (non-hydrogen) atoms. The fraction of sp³-hybridized carbons (Fsp3) is 0.167. The Balaban J connectivity index is 3.13. The van der Waals surface area contributed by atoms with Crippen LogP contribution in [0.25, 0.3) is 11.1 Å². The summed E-state index contributed by atoms with van der Waals surface area (Å²) < 4.78 is 0. The lowest BCUT2D eigenvalue weighted by Gasteiger charge is -1.96. The van der Waals surface area contributed by atoms with Gasteiger partial charge in [0.1, 0.15) is 5.01 Å². The summed E-state index contributed by atoms with van der Waals surface area (Å²) in [5, 5.41) is 0.645. The number of nitrogens with two attached hydrogens (primary N) is 1. The molecule has 0 saturated carbocycles. The highest BCUT2D eigenvalue weighted by Gasteiger charge is 2.12. The number of hydrogen-bond acceptors (Lipinski definition) is 4. The minimum Gasteiger partial charge on any atom is -0.404 e. The van der Waals surface area contributed by atoms with E-state index >= 15 is 0 Å². The van der Waals surface area contributed by atoms with Crippen molar-refractivity contribution in [3.05, 3.63) is 41.0 Å². The number of ketones is 1. The van der Waals surface area contributed by atoms with Crippen LogP contribution < -0.4 is 5.73 Å². The highest BCUT2D eigenvalue weighted by Crippen LogP contribution is 2.27. The Bertz CT molecular complexity index is 469. The van der Waals surface area contributed by atoms with Crippen molar-refractivity contribution in [3.8, 4) is 0 Å². The predicted octanol–water partition coefficient (Wildman–Crippen LogP) is 2.62. The molecule has 0 aromatic carbocycles. The molecule has 3 nitrogen and oxygen atoms in total. The number of Topliss-reactive ketones (excluding diaryl/α,β-unsaturated/α-hetero) is 1. The fourth-order valence-electron chi connectivity index (χ4n) is 1.23. The maximum atomic E-state index is 11.3. The molecule has 2 N–H and O–H groups in total. The third kappa shape index (κ3) is 2.46. The third-order valence-corrected chi connectivity index (χ3v) is 3.18. The lowest BCUT2D eigenvalue weighted by atomic mass is 10.2. The van der Waals surface area contributed by atoms with Gasteiger partial charge in [-0.1, -0.05) is 18.7 Å². The summed E-state index contributed by atoms with van der Waals surface area (Å²) >= 11 is 1.43. The average Bonchev–Trinajstić information content (AvgIpc) is 2.70. The van der Waals surface area contributed by atoms with Crippen molar-refractivity contribution in [1.29, 1.82) is 0 Å². The van der Waals surface area contributed by atoms with Gasteiger partial charge in [-0.25, -0.2) is 4.98 Å². The first-order valence-electron chi connectivity index (χ1n) is 4.82. The Hall–Kier alpha value is -1.68. The summed E-state index contributed by atoms with van der Waals surface area (Å²) in [7, 11) is 0. The Morgan fingerprint density at radius 3 is 2.75 bits per heavy atom. The van der Waals surface area contributed by atoms with Crippen LogP contribution in [0.5, 0.6) is 0 Å². The molecule has 0 atom stereocenters. The molecule has 0 aliphatic rings. The summed E-state index contributed by atoms with van der Waals surface area (Å²) in [5.74, 6) is -0.0796. The summed E-state index contributed by atoms with van der Waals surface area (Å²) in [6.45, 7) is 7.13. The van der Waals surface area contributed by atoms with Gasteiger partial charge in [0.15, 0.2) is 5.78 Å². The van der Waals surface area contributed by atoms with Gasteiger partial charge < -0.3 is 5.73 Å². The molecule has 84 valence electrons. The van der Waals surface area contributed by atoms with Gasteiger partial charge in [0.2, 0.25) is 0 Å². The van der Waals surface area contributed by atoms with E-state index in [1.807, 2.05) is 13.0 Å². The number of aromatic nitrogens is 1. The number of nitrogens with zero attached hydrogens (tertiary/aromatic N) is 1. The summed E-state index contributed by atoms with van der Waals surface area (Å²) in [5.41, 5.74) is 6.86. The van der Waals surface area contributed by atoms with Crippen LogP contribution in [0.1, 0.15) is 23.7 Å². The van der Waals surface area contributed by atoms with Crippen LogP contribution in [0.3, 0.4) is 0 Å². The highest BCUT2D eigenvalue weighted by atomic mass is 32.1. The lowest BCUT2D eigenvalue weighted by molar-refractivity contribution is -0.111. The molecule has 0 bridgehead atoms. The molecule has 1 aromatic heterocycles. The molecule has 0 aliphatic carbocycles. The van der Waals surface area contributed by atoms with E-state index in [1.165, 1.54) is 24.5 Å². The smallest absolute Gasteiger partial charge is 0.164 e. The first kappa shape index (κ1) is 12.4. The predicted molar refractivity (Wildman–Crippen MR) is 68.8 cm³/mol. The van der Waals surface area contributed by atoms with Crippen LogP contribution in [0, 0.1) is 0 Å². The first-order valence-corrected chi connectivity index (χ1v) is 5.63. The van der Waals surface area contributed by atoms with Crippen molar-refractivity contribution in [2.24, 2.45) is 5.73 Å². The Morgan fingerprint density at radius 1 is 1.62 bits per heavy atom. The Labute approximate surface area is 99.0 Å². The minimum absolute atomic E-state index is 0.0796. The van der Waals surface area contributed by atoms with Gasteiger partial charge in [-0.2, -0.15) is 0 Å². The van der Waals surface area contributed by atoms with Gasteiger partial charge in [-0.3, -0.25) is 4.79 Å². The van der Waals surface area contributed by atoms with E-state index in [-0.39, 0.29) is 5.78 Å². The molecule has 0 radical (unpaired) electrons. The van der Waals surface area contributed by atoms with Crippen molar-refractivity contribution >= 4 is 28.3 Å². The second-order valence-corrected chi connectivity index (χ2v) is 4.14. The Kier molecular flexibility index (Phi) is 4.19. The number of carbonyl (C=O) groups is 1. The van der Waals surface area contributed by atoms with E-state index in [0.717, 1.165) is 10.5 Å². The molecule has 0 spiro atoms. The molecular weight excluding hydrogens is 220 g/mol. The van der Waals surface area contributed by atoms with Crippen molar-refractivity contribution in [2.75, 3.05) is 0 Å². The van der Waals surface area contributed by atoms with E-state index in [9.17, 15) is 4.79 Å². The highest BCUT2D eigenvalue weighted by molar-refractivity contribution is 7.14. The molecule has 0 unspecified atom stereocenters. The van der Waals surface area contributed by atoms with Gasteiger partial charge in [-0.15, -0.1) is 11.3 Å². The van der Waals surface area contributed by atoms with Crippen molar-refractivity contribution in [3.63, 3.8) is 0 Å². The van der Waals surface area contributed by atoms with Crippen LogP contribution in [0.2, 0.25) is 0 Å². The maximum absolute atomic E-state index is 11.3. The molecule has 1 rings (SSSR count). The van der Waals surface area contributed by atoms with Gasteiger partial charge in [0.25, 0.3) is 0 Å². The van der Waals surface area contributed by atoms with Crippen molar-refractivity contribution in [2.45, 2.75) is 13.8 Å². The number of allylic oxidation sites excluding steroid dienone is 4. The number of rotatable bonds is 4. The topological polar surface area (TPSA) is 56.0 Å². The molecule has 0 fully saturated rings. The Morgan fingerprint density at radius 2 is 2.31 bits per heavy atom. The van der Waals surface area contributed by atoms with Gasteiger partial charge in [0, 0.05) is 12.4 Å². The third-order valence-electron chi connectivity index (χ3n) is 2.10. The fourth-order valence-corrected chi connectivity index (χ4v) is 2.29. The molecule has 4 heteroatoms. The van der Waals surface area contributed by atoms with Crippen molar-refractivity contribution < 1.29 is 4.79 Å². The average molecular weight is 234 g/mol. The summed E-state index contributed by atoms with van der Waals surface area (Å²) in [6.07, 6.45) is 6.73. The molecule has 0 aliphatic heterocycles. The van der Waals surface area contributed by atoms with E-state index in [0.29, 0.717) is 10.6 Å². The van der Waals surface area contributed by atoms with Gasteiger partial charge >= 0.3 is 0 Å². The molecule has 0 amide bonds. The van der Waals surface area contributed by atoms with Crippen LogP contribution in [-0.2, 0) is 4.79 Å². The van der Waals surface area contributed by atoms with Crippen LogP contribution in [0.4, 0.5) is 0 Å². The number of carbonyl (C=O) groups excluding carboxylic acids is 1. The van der Waals surface area contributed by atoms with Crippen LogP contribution >= 0.6 is 11.3 Å². The van der Waals surface area contributed by atoms with E-state index in [2.05, 4.69) is 11.6 Å². The van der Waals surface area contributed by atoms with E-state index in [4.69, 9.17) is 5.73 Å². The monoisotopic (exact) mass is 234 g/mol. The zero-order chi connectivity index (χ0) is 12.1. The summed E-state index contributed by atoms with van der Waals surface area (Å²) in [4.78, 5) is 16.4. The van der Waals surface area contributed by atoms with Crippen LogP contribution in [0.15, 0.2) is 31.1 Å². The molecule has 1 heterocycles. The lowest BCUT2D eigenvalue weighted by Crippen LogP contribution is -1.98. The quantitative estimate of drug-likeness (QED) is 0.643. The molecule has 0 saturated heterocycles. The standard InChI is InChI=1S/C12H14N2OS/c1-4-9(5-2)11-7-14-12(16-11)10(6-13)8(3)15/h4-7H,1,13H2,2-3H3/b9-5+,10-6?. The minimum atomic E-state index is -0.0796. The van der Waals surface area contributed by atoms with Gasteiger partial charge in [-0.05, 0) is 19.4 Å². The number of thiazole rings is 1. The normalized spacial score (nSPS) is 12.6. The van der Waals surface area contributed by atoms with E-state index < -0.39 is 0 Å². The van der Waals surface area contributed by atoms with E-state index in [1.54, 1.807) is 12.3 Å². The second-order valence-electron chi connectivity index (χ2n) is 3.11. The SMILES string of the molecule is C=C/C(=C\C)c1cnc(C(=CN)C(C)=O)s1. The first-order chi connectivity index (χ1) is 7.63. The zero-order valence-corrected chi connectivity index (χ0v) is 10.2. The summed E-state index contributed by atoms with van der Waals surface area (Å²) in [6, 6.07) is 0. The molecular formula is C12H14N2OS. The van der Waals surface area contributed by atoms with Crippen LogP contribution in [-0.4, -0.2) is 10.8 Å². The van der Waals surface area contributed by atoms with Crippen molar-refractivity contribution in [1.82, 2.24) is 4.98 Å². The number of hydrogen-bond donors (Lipinski definition) is 1. The second kappa shape index (κ2) is 5.42. The molecule has 1 aromatic rings. The van der Waals surface area contributed by atoms with Gasteiger partial charge in [0.05, 0.1) is 10.5 Å². The largest absolute Gasteiger partial charge is 0.404 e.